The number of benzene rings is 2. The minimum atomic E-state index is -3.77. The van der Waals surface area contributed by atoms with E-state index in [1.54, 1.807) is 12.1 Å². The monoisotopic (exact) mass is 378 g/mol. The lowest BCUT2D eigenvalue weighted by atomic mass is 9.94. The molecule has 0 radical (unpaired) electrons. The lowest BCUT2D eigenvalue weighted by Gasteiger charge is -2.16. The average molecular weight is 378 g/mol. The molecule has 0 saturated heterocycles. The summed E-state index contributed by atoms with van der Waals surface area (Å²) in [6.45, 7) is 2.09. The lowest BCUT2D eigenvalue weighted by molar-refractivity contribution is 0.587. The molecule has 0 saturated carbocycles. The fourth-order valence-corrected chi connectivity index (χ4v) is 3.90. The van der Waals surface area contributed by atoms with Crippen LogP contribution in [0.4, 0.5) is 0 Å². The molecule has 0 aliphatic carbocycles. The van der Waals surface area contributed by atoms with Gasteiger partial charge in [0.2, 0.25) is 0 Å². The van der Waals surface area contributed by atoms with E-state index in [0.717, 1.165) is 17.5 Å². The van der Waals surface area contributed by atoms with Gasteiger partial charge in [0.05, 0.1) is 5.70 Å². The van der Waals surface area contributed by atoms with Gasteiger partial charge in [0.15, 0.2) is 5.03 Å². The molecule has 4 nitrogen and oxygen atoms in total. The van der Waals surface area contributed by atoms with E-state index in [1.165, 1.54) is 12.3 Å². The van der Waals surface area contributed by atoms with Crippen molar-refractivity contribution in [3.63, 3.8) is 0 Å². The van der Waals surface area contributed by atoms with Crippen molar-refractivity contribution in [2.75, 3.05) is 0 Å². The molecule has 1 N–H and O–H groups in total. The van der Waals surface area contributed by atoms with E-state index in [0.29, 0.717) is 5.70 Å². The number of nitrogens with one attached hydrogen (secondary N) is 1. The Morgan fingerprint density at radius 3 is 2.19 bits per heavy atom. The maximum absolute atomic E-state index is 12.8. The first-order valence-corrected chi connectivity index (χ1v) is 10.3. The Hall–Kier alpha value is -2.92. The third-order valence-electron chi connectivity index (χ3n) is 4.28. The third-order valence-corrected chi connectivity index (χ3v) is 5.56. The van der Waals surface area contributed by atoms with Gasteiger partial charge in [0.25, 0.3) is 10.0 Å². The average Bonchev–Trinajstić information content (AvgIpc) is 2.73. The molecule has 0 bridgehead atoms. The maximum atomic E-state index is 12.8. The van der Waals surface area contributed by atoms with Gasteiger partial charge < -0.3 is 0 Å². The quantitative estimate of drug-likeness (QED) is 0.654. The first-order valence-electron chi connectivity index (χ1n) is 8.86. The van der Waals surface area contributed by atoms with Gasteiger partial charge >= 0.3 is 0 Å². The van der Waals surface area contributed by atoms with Crippen molar-refractivity contribution in [3.05, 3.63) is 102 Å². The Bertz CT molecular complexity index is 986. The van der Waals surface area contributed by atoms with Crippen molar-refractivity contribution >= 4 is 15.7 Å². The van der Waals surface area contributed by atoms with E-state index in [9.17, 15) is 8.42 Å². The molecule has 138 valence electrons. The highest BCUT2D eigenvalue weighted by atomic mass is 32.2. The highest BCUT2D eigenvalue weighted by Crippen LogP contribution is 2.25. The Balaban J connectivity index is 2.02. The van der Waals surface area contributed by atoms with Crippen LogP contribution in [0.25, 0.3) is 5.70 Å². The molecular formula is C22H22N2O2S. The van der Waals surface area contributed by atoms with Crippen LogP contribution < -0.4 is 4.72 Å². The van der Waals surface area contributed by atoms with Crippen LogP contribution in [0.5, 0.6) is 0 Å². The number of hydrogen-bond acceptors (Lipinski definition) is 3. The maximum Gasteiger partial charge on any atom is 0.279 e. The van der Waals surface area contributed by atoms with E-state index in [2.05, 4.69) is 28.8 Å². The smallest absolute Gasteiger partial charge is 0.278 e. The summed E-state index contributed by atoms with van der Waals surface area (Å²) < 4.78 is 28.3. The van der Waals surface area contributed by atoms with E-state index in [4.69, 9.17) is 0 Å². The summed E-state index contributed by atoms with van der Waals surface area (Å²) >= 11 is 0. The predicted octanol–water partition coefficient (Wildman–Crippen LogP) is 4.59. The molecule has 3 aromatic rings. The molecule has 5 heteroatoms. The van der Waals surface area contributed by atoms with Crippen LogP contribution in [0.3, 0.4) is 0 Å². The number of rotatable bonds is 7. The zero-order chi connectivity index (χ0) is 19.1. The molecule has 1 aromatic heterocycles. The summed E-state index contributed by atoms with van der Waals surface area (Å²) in [7, 11) is -3.77. The fourth-order valence-electron chi connectivity index (χ4n) is 2.86. The molecule has 3 rings (SSSR count). The fraction of sp³-hybridized carbons (Fsp3) is 0.136. The number of aromatic nitrogens is 1. The summed E-state index contributed by atoms with van der Waals surface area (Å²) in [5.74, 6) is 0.0906. The second-order valence-electron chi connectivity index (χ2n) is 6.15. The van der Waals surface area contributed by atoms with Crippen molar-refractivity contribution in [2.24, 2.45) is 0 Å². The lowest BCUT2D eigenvalue weighted by Crippen LogP contribution is -2.23. The van der Waals surface area contributed by atoms with Crippen LogP contribution in [0.15, 0.2) is 96.2 Å². The number of sulfonamides is 1. The highest BCUT2D eigenvalue weighted by Gasteiger charge is 2.19. The minimum absolute atomic E-state index is 0.000379. The van der Waals surface area contributed by atoms with Crippen molar-refractivity contribution in [2.45, 2.75) is 24.3 Å². The molecule has 0 spiro atoms. The van der Waals surface area contributed by atoms with Crippen LogP contribution in [0.1, 0.15) is 30.4 Å². The summed E-state index contributed by atoms with van der Waals surface area (Å²) in [6.07, 6.45) is 4.30. The zero-order valence-corrected chi connectivity index (χ0v) is 15.9. The Morgan fingerprint density at radius 2 is 1.59 bits per heavy atom. The summed E-state index contributed by atoms with van der Waals surface area (Å²) in [4.78, 5) is 3.98. The van der Waals surface area contributed by atoms with Crippen LogP contribution in [0.2, 0.25) is 0 Å². The Labute approximate surface area is 160 Å². The molecule has 0 fully saturated rings. The largest absolute Gasteiger partial charge is 0.279 e. The van der Waals surface area contributed by atoms with Gasteiger partial charge in [-0.2, -0.15) is 8.42 Å². The summed E-state index contributed by atoms with van der Waals surface area (Å²) in [6, 6.07) is 24.4. The number of hydrogen-bond donors (Lipinski definition) is 1. The van der Waals surface area contributed by atoms with E-state index >= 15 is 0 Å². The molecule has 1 heterocycles. The van der Waals surface area contributed by atoms with Crippen molar-refractivity contribution in [1.29, 1.82) is 0 Å². The highest BCUT2D eigenvalue weighted by molar-refractivity contribution is 7.89. The van der Waals surface area contributed by atoms with Gasteiger partial charge in [-0.1, -0.05) is 79.7 Å². The van der Waals surface area contributed by atoms with Crippen molar-refractivity contribution in [3.8, 4) is 0 Å². The van der Waals surface area contributed by atoms with Gasteiger partial charge in [-0.05, 0) is 29.7 Å². The molecule has 0 unspecified atom stereocenters. The molecule has 0 amide bonds. The van der Waals surface area contributed by atoms with Crippen LogP contribution in [-0.2, 0) is 10.0 Å². The van der Waals surface area contributed by atoms with Gasteiger partial charge in [0, 0.05) is 12.1 Å². The number of allylic oxidation sites excluding steroid dienone is 1. The van der Waals surface area contributed by atoms with E-state index in [1.807, 2.05) is 54.6 Å². The standard InChI is InChI=1S/C22H22N2O2S/c1-2-18(19-11-5-3-6-12-19)17-21(20-13-7-4-8-14-20)24-27(25,26)22-15-9-10-16-23-22/h3-18,24H,2H2,1H3/b21-17-/t18-/m1/s1. The normalized spacial score (nSPS) is 13.1. The molecule has 27 heavy (non-hydrogen) atoms. The van der Waals surface area contributed by atoms with Gasteiger partial charge in [-0.25, -0.2) is 4.98 Å². The summed E-state index contributed by atoms with van der Waals surface area (Å²) in [5.41, 5.74) is 2.51. The second-order valence-corrected chi connectivity index (χ2v) is 7.77. The van der Waals surface area contributed by atoms with Gasteiger partial charge in [0.1, 0.15) is 0 Å². The molecule has 0 aliphatic heterocycles. The van der Waals surface area contributed by atoms with Crippen molar-refractivity contribution in [1.82, 2.24) is 9.71 Å². The first-order chi connectivity index (χ1) is 13.1. The first kappa shape index (κ1) is 18.9. The van der Waals surface area contributed by atoms with Crippen molar-refractivity contribution < 1.29 is 8.42 Å². The Morgan fingerprint density at radius 1 is 0.963 bits per heavy atom. The molecule has 0 aliphatic rings. The molecule has 2 aromatic carbocycles. The SMILES string of the molecule is CC[C@H](/C=C(\NS(=O)(=O)c1ccccn1)c1ccccc1)c1ccccc1. The molecule has 1 atom stereocenters. The van der Waals surface area contributed by atoms with E-state index in [-0.39, 0.29) is 10.9 Å². The van der Waals surface area contributed by atoms with Crippen LogP contribution in [-0.4, -0.2) is 13.4 Å². The number of pyridine rings is 1. The van der Waals surface area contributed by atoms with Crippen LogP contribution >= 0.6 is 0 Å². The predicted molar refractivity (Wildman–Crippen MR) is 108 cm³/mol. The minimum Gasteiger partial charge on any atom is -0.278 e. The number of nitrogens with zero attached hydrogens (tertiary/aromatic N) is 1. The van der Waals surface area contributed by atoms with E-state index < -0.39 is 10.0 Å². The second kappa shape index (κ2) is 8.64. The zero-order valence-electron chi connectivity index (χ0n) is 15.1. The third kappa shape index (κ3) is 4.83. The van der Waals surface area contributed by atoms with Crippen LogP contribution in [0, 0.1) is 0 Å². The summed E-state index contributed by atoms with van der Waals surface area (Å²) in [5, 5.41) is -0.000379. The molecular weight excluding hydrogens is 356 g/mol. The van der Waals surface area contributed by atoms with Gasteiger partial charge in [-0.3, -0.25) is 4.72 Å². The van der Waals surface area contributed by atoms with Gasteiger partial charge in [-0.15, -0.1) is 0 Å². The topological polar surface area (TPSA) is 59.1 Å². The Kier molecular flexibility index (Phi) is 6.04.